The highest BCUT2D eigenvalue weighted by molar-refractivity contribution is 5.87. The monoisotopic (exact) mass is 338 g/mol. The number of benzene rings is 1. The Labute approximate surface area is 144 Å². The molecule has 8 heteroatoms. The number of para-hydroxylation sites is 1. The molecule has 2 aromatic heterocycles. The molecular weight excluding hydrogens is 320 g/mol. The van der Waals surface area contributed by atoms with Gasteiger partial charge in [0.05, 0.1) is 25.5 Å². The molecule has 1 unspecified atom stereocenters. The maximum Gasteiger partial charge on any atom is 0.240 e. The van der Waals surface area contributed by atoms with Crippen LogP contribution in [0, 0.1) is 0 Å². The van der Waals surface area contributed by atoms with Gasteiger partial charge in [0.25, 0.3) is 0 Å². The van der Waals surface area contributed by atoms with Gasteiger partial charge in [-0.3, -0.25) is 4.79 Å². The van der Waals surface area contributed by atoms with E-state index in [4.69, 9.17) is 4.74 Å². The van der Waals surface area contributed by atoms with Crippen LogP contribution in [0.5, 0.6) is 5.75 Å². The number of carbonyl (C=O) groups excluding carboxylic acids is 1. The minimum absolute atomic E-state index is 0.0385. The summed E-state index contributed by atoms with van der Waals surface area (Å²) in [6.45, 7) is 0.781. The Bertz CT molecular complexity index is 909. The molecule has 0 saturated heterocycles. The number of aromatic amines is 1. The Morgan fingerprint density at radius 3 is 3.16 bits per heavy atom. The Balaban J connectivity index is 1.47. The molecule has 0 spiro atoms. The van der Waals surface area contributed by atoms with Crippen LogP contribution in [0.25, 0.3) is 11.2 Å². The summed E-state index contributed by atoms with van der Waals surface area (Å²) < 4.78 is 5.64. The van der Waals surface area contributed by atoms with Gasteiger partial charge in [-0.1, -0.05) is 18.2 Å². The first-order valence-electron chi connectivity index (χ1n) is 8.08. The van der Waals surface area contributed by atoms with Crippen LogP contribution in [0.2, 0.25) is 0 Å². The predicted octanol–water partition coefficient (Wildman–Crippen LogP) is 1.43. The molecule has 0 saturated carbocycles. The number of aromatic nitrogens is 4. The smallest absolute Gasteiger partial charge is 0.240 e. The van der Waals surface area contributed by atoms with Gasteiger partial charge in [-0.25, -0.2) is 15.0 Å². The highest BCUT2D eigenvalue weighted by Crippen LogP contribution is 2.31. The largest absolute Gasteiger partial charge is 0.493 e. The molecule has 4 rings (SSSR count). The van der Waals surface area contributed by atoms with Gasteiger partial charge in [0.2, 0.25) is 5.91 Å². The molecule has 1 aliphatic rings. The fourth-order valence-electron chi connectivity index (χ4n) is 3.06. The van der Waals surface area contributed by atoms with Crippen LogP contribution < -0.4 is 15.0 Å². The maximum absolute atomic E-state index is 12.5. The number of hydrogen-bond acceptors (Lipinski definition) is 6. The second kappa shape index (κ2) is 6.39. The Kier molecular flexibility index (Phi) is 3.93. The van der Waals surface area contributed by atoms with Crippen molar-refractivity contribution >= 4 is 22.9 Å². The predicted molar refractivity (Wildman–Crippen MR) is 92.4 cm³/mol. The first kappa shape index (κ1) is 15.4. The lowest BCUT2D eigenvalue weighted by Gasteiger charge is -2.27. The van der Waals surface area contributed by atoms with E-state index in [1.54, 1.807) is 11.2 Å². The van der Waals surface area contributed by atoms with Gasteiger partial charge in [0, 0.05) is 19.0 Å². The average molecular weight is 338 g/mol. The third-order valence-electron chi connectivity index (χ3n) is 4.24. The van der Waals surface area contributed by atoms with E-state index in [0.29, 0.717) is 23.6 Å². The molecule has 3 aromatic rings. The summed E-state index contributed by atoms with van der Waals surface area (Å²) in [7, 11) is 1.82. The summed E-state index contributed by atoms with van der Waals surface area (Å²) in [5.74, 6) is 1.41. The first-order chi connectivity index (χ1) is 12.2. The van der Waals surface area contributed by atoms with Crippen molar-refractivity contribution in [3.8, 4) is 5.75 Å². The van der Waals surface area contributed by atoms with E-state index < -0.39 is 0 Å². The number of nitrogens with zero attached hydrogens (tertiary/aromatic N) is 4. The van der Waals surface area contributed by atoms with Crippen LogP contribution in [0.1, 0.15) is 18.0 Å². The van der Waals surface area contributed by atoms with E-state index in [1.165, 1.54) is 6.33 Å². The van der Waals surface area contributed by atoms with Crippen LogP contribution >= 0.6 is 0 Å². The molecule has 8 nitrogen and oxygen atoms in total. The van der Waals surface area contributed by atoms with E-state index in [1.807, 2.05) is 31.3 Å². The highest BCUT2D eigenvalue weighted by atomic mass is 16.5. The molecule has 1 aromatic carbocycles. The molecule has 2 N–H and O–H groups in total. The fraction of sp³-hybridized carbons (Fsp3) is 0.294. The summed E-state index contributed by atoms with van der Waals surface area (Å²) in [5, 5.41) is 3.09. The second-order valence-corrected chi connectivity index (χ2v) is 5.95. The lowest BCUT2D eigenvalue weighted by molar-refractivity contribution is -0.120. The van der Waals surface area contributed by atoms with Gasteiger partial charge < -0.3 is 19.9 Å². The topological polar surface area (TPSA) is 96.0 Å². The Morgan fingerprint density at radius 2 is 2.24 bits per heavy atom. The van der Waals surface area contributed by atoms with Gasteiger partial charge in [0.1, 0.15) is 17.6 Å². The molecule has 0 bridgehead atoms. The van der Waals surface area contributed by atoms with Crippen LogP contribution in [-0.4, -0.2) is 46.0 Å². The molecule has 0 aliphatic carbocycles. The fourth-order valence-corrected chi connectivity index (χ4v) is 3.06. The zero-order valence-corrected chi connectivity index (χ0v) is 13.8. The summed E-state index contributed by atoms with van der Waals surface area (Å²) in [6, 6.07) is 7.76. The third kappa shape index (κ3) is 2.98. The number of amides is 1. The number of likely N-dealkylation sites (N-methyl/N-ethyl adjacent to an activating group) is 1. The van der Waals surface area contributed by atoms with Crippen molar-refractivity contribution in [3.63, 3.8) is 0 Å². The molecule has 0 fully saturated rings. The van der Waals surface area contributed by atoms with E-state index in [-0.39, 0.29) is 18.5 Å². The number of anilines is 1. The zero-order valence-electron chi connectivity index (χ0n) is 13.8. The van der Waals surface area contributed by atoms with E-state index in [0.717, 1.165) is 17.7 Å². The molecule has 128 valence electrons. The molecule has 1 atom stereocenters. The molecule has 1 amide bonds. The van der Waals surface area contributed by atoms with Crippen LogP contribution in [0.4, 0.5) is 5.82 Å². The molecule has 1 aliphatic heterocycles. The summed E-state index contributed by atoms with van der Waals surface area (Å²) in [5.41, 5.74) is 2.31. The van der Waals surface area contributed by atoms with E-state index in [9.17, 15) is 4.79 Å². The van der Waals surface area contributed by atoms with E-state index in [2.05, 4.69) is 25.3 Å². The van der Waals surface area contributed by atoms with Gasteiger partial charge in [-0.05, 0) is 6.07 Å². The number of rotatable bonds is 4. The van der Waals surface area contributed by atoms with Gasteiger partial charge in [0.15, 0.2) is 11.5 Å². The maximum atomic E-state index is 12.5. The molecule has 25 heavy (non-hydrogen) atoms. The van der Waals surface area contributed by atoms with Gasteiger partial charge in [-0.2, -0.15) is 0 Å². The van der Waals surface area contributed by atoms with E-state index >= 15 is 0 Å². The highest BCUT2D eigenvalue weighted by Gasteiger charge is 2.23. The zero-order chi connectivity index (χ0) is 17.2. The first-order valence-corrected chi connectivity index (χ1v) is 8.08. The van der Waals surface area contributed by atoms with Crippen molar-refractivity contribution in [2.45, 2.75) is 12.5 Å². The lowest BCUT2D eigenvalue weighted by atomic mass is 10.0. The van der Waals surface area contributed by atoms with Crippen molar-refractivity contribution in [2.24, 2.45) is 0 Å². The molecular formula is C17H18N6O2. The number of fused-ring (bicyclic) bond motifs is 2. The minimum Gasteiger partial charge on any atom is -0.493 e. The number of ether oxygens (including phenoxy) is 1. The lowest BCUT2D eigenvalue weighted by Crippen LogP contribution is -2.39. The average Bonchev–Trinajstić information content (AvgIpc) is 3.10. The second-order valence-electron chi connectivity index (χ2n) is 5.95. The quantitative estimate of drug-likeness (QED) is 0.747. The normalized spacial score (nSPS) is 16.1. The van der Waals surface area contributed by atoms with Crippen molar-refractivity contribution in [2.75, 3.05) is 25.1 Å². The summed E-state index contributed by atoms with van der Waals surface area (Å²) >= 11 is 0. The third-order valence-corrected chi connectivity index (χ3v) is 4.24. The van der Waals surface area contributed by atoms with Crippen molar-refractivity contribution in [3.05, 3.63) is 42.5 Å². The number of carbonyl (C=O) groups is 1. The van der Waals surface area contributed by atoms with Crippen LogP contribution in [0.15, 0.2) is 36.9 Å². The summed E-state index contributed by atoms with van der Waals surface area (Å²) in [4.78, 5) is 29.8. The molecule has 0 radical (unpaired) electrons. The molecule has 3 heterocycles. The van der Waals surface area contributed by atoms with Crippen molar-refractivity contribution < 1.29 is 9.53 Å². The van der Waals surface area contributed by atoms with Gasteiger partial charge in [-0.15, -0.1) is 0 Å². The number of H-pyrrole nitrogens is 1. The number of imidazole rings is 1. The van der Waals surface area contributed by atoms with Crippen LogP contribution in [0.3, 0.4) is 0 Å². The summed E-state index contributed by atoms with van der Waals surface area (Å²) in [6.07, 6.45) is 3.77. The van der Waals surface area contributed by atoms with Crippen molar-refractivity contribution in [1.82, 2.24) is 25.3 Å². The van der Waals surface area contributed by atoms with Gasteiger partial charge >= 0.3 is 0 Å². The number of hydrogen-bond donors (Lipinski definition) is 2. The number of nitrogens with one attached hydrogen (secondary N) is 2. The SMILES string of the molecule is CN(CC(=O)NC1CCOc2ccccc21)c1ncnc2nc[nH]c12. The van der Waals surface area contributed by atoms with Crippen molar-refractivity contribution in [1.29, 1.82) is 0 Å². The minimum atomic E-state index is -0.0736. The Hall–Kier alpha value is -3.16. The standard InChI is InChI=1S/C17H18N6O2/c1-23(17-15-16(19-9-18-15)20-10-21-17)8-14(24)22-12-6-7-25-13-5-3-2-4-11(12)13/h2-5,9-10,12H,6-8H2,1H3,(H,22,24)(H,18,19,20,21). The Morgan fingerprint density at radius 1 is 1.36 bits per heavy atom. The van der Waals surface area contributed by atoms with Crippen LogP contribution in [-0.2, 0) is 4.79 Å².